The summed E-state index contributed by atoms with van der Waals surface area (Å²) in [4.78, 5) is 16.8. The lowest BCUT2D eigenvalue weighted by atomic mass is 10.2. The average Bonchev–Trinajstić information content (AvgIpc) is 3.20. The zero-order valence-corrected chi connectivity index (χ0v) is 16.1. The summed E-state index contributed by atoms with van der Waals surface area (Å²) in [6, 6.07) is 11.7. The van der Waals surface area contributed by atoms with Crippen molar-refractivity contribution in [2.24, 2.45) is 4.99 Å². The summed E-state index contributed by atoms with van der Waals surface area (Å²) < 4.78 is 5.63. The summed E-state index contributed by atoms with van der Waals surface area (Å²) in [5.41, 5.74) is 1.08. The molecule has 0 radical (unpaired) electrons. The molecule has 3 N–H and O–H groups in total. The lowest BCUT2D eigenvalue weighted by Gasteiger charge is -2.14. The van der Waals surface area contributed by atoms with E-state index in [1.54, 1.807) is 7.05 Å². The van der Waals surface area contributed by atoms with Gasteiger partial charge in [0.2, 0.25) is 0 Å². The summed E-state index contributed by atoms with van der Waals surface area (Å²) in [6.45, 7) is 4.58. The third-order valence-corrected chi connectivity index (χ3v) is 4.49. The van der Waals surface area contributed by atoms with Crippen LogP contribution in [0.3, 0.4) is 0 Å². The lowest BCUT2D eigenvalue weighted by Crippen LogP contribution is -2.38. The van der Waals surface area contributed by atoms with Gasteiger partial charge in [0.1, 0.15) is 5.75 Å². The van der Waals surface area contributed by atoms with Crippen LogP contribution in [0.25, 0.3) is 0 Å². The Kier molecular flexibility index (Phi) is 8.48. The molecule has 7 heteroatoms. The monoisotopic (exact) mass is 374 g/mol. The first kappa shape index (κ1) is 19.8. The van der Waals surface area contributed by atoms with Crippen molar-refractivity contribution >= 4 is 23.2 Å². The van der Waals surface area contributed by atoms with Gasteiger partial charge in [0.15, 0.2) is 5.96 Å². The molecule has 0 spiro atoms. The number of benzene rings is 1. The summed E-state index contributed by atoms with van der Waals surface area (Å²) in [6.07, 6.45) is 0.813. The van der Waals surface area contributed by atoms with Crippen LogP contribution in [-0.4, -0.2) is 38.6 Å². The summed E-state index contributed by atoms with van der Waals surface area (Å²) in [7, 11) is 1.74. The molecule has 0 saturated heterocycles. The Balaban J connectivity index is 1.67. The molecule has 1 aromatic heterocycles. The molecule has 0 bridgehead atoms. The van der Waals surface area contributed by atoms with Crippen molar-refractivity contribution < 1.29 is 9.53 Å². The van der Waals surface area contributed by atoms with Crippen molar-refractivity contribution in [3.63, 3.8) is 0 Å². The van der Waals surface area contributed by atoms with Gasteiger partial charge in [0.25, 0.3) is 5.91 Å². The normalized spacial score (nSPS) is 11.1. The van der Waals surface area contributed by atoms with Crippen LogP contribution in [0.2, 0.25) is 0 Å². The highest BCUT2D eigenvalue weighted by Gasteiger charge is 2.06. The van der Waals surface area contributed by atoms with E-state index < -0.39 is 0 Å². The Bertz CT molecular complexity index is 701. The number of guanidine groups is 1. The molecule has 26 heavy (non-hydrogen) atoms. The third-order valence-electron chi connectivity index (χ3n) is 3.62. The van der Waals surface area contributed by atoms with Gasteiger partial charge in [-0.05, 0) is 30.9 Å². The largest absolute Gasteiger partial charge is 0.494 e. The quantitative estimate of drug-likeness (QED) is 0.358. The second-order valence-electron chi connectivity index (χ2n) is 5.48. The van der Waals surface area contributed by atoms with Gasteiger partial charge >= 0.3 is 0 Å². The van der Waals surface area contributed by atoms with Crippen LogP contribution in [0.15, 0.2) is 46.8 Å². The van der Waals surface area contributed by atoms with Gasteiger partial charge in [-0.15, -0.1) is 11.3 Å². The van der Waals surface area contributed by atoms with Crippen molar-refractivity contribution in [3.05, 3.63) is 52.2 Å². The van der Waals surface area contributed by atoms with Gasteiger partial charge < -0.3 is 20.7 Å². The SMILES string of the molecule is CCOc1ccccc1CNC(=NC)NCCCNC(=O)c1cccs1. The van der Waals surface area contributed by atoms with Crippen molar-refractivity contribution in [2.45, 2.75) is 19.9 Å². The maximum atomic E-state index is 11.8. The van der Waals surface area contributed by atoms with Crippen molar-refractivity contribution in [3.8, 4) is 5.75 Å². The van der Waals surface area contributed by atoms with E-state index in [1.807, 2.05) is 48.7 Å². The molecule has 140 valence electrons. The Labute approximate surface area is 158 Å². The number of carbonyl (C=O) groups excluding carboxylic acids is 1. The Morgan fingerprint density at radius 2 is 1.92 bits per heavy atom. The van der Waals surface area contributed by atoms with E-state index in [2.05, 4.69) is 20.9 Å². The van der Waals surface area contributed by atoms with E-state index in [1.165, 1.54) is 11.3 Å². The van der Waals surface area contributed by atoms with Crippen molar-refractivity contribution in [1.82, 2.24) is 16.0 Å². The van der Waals surface area contributed by atoms with Crippen LogP contribution in [0.4, 0.5) is 0 Å². The standard InChI is InChI=1S/C19H26N4O2S/c1-3-25-16-9-5-4-8-15(16)14-23-19(20-2)22-12-7-11-21-18(24)17-10-6-13-26-17/h4-6,8-10,13H,3,7,11-12,14H2,1-2H3,(H,21,24)(H2,20,22,23). The fourth-order valence-electron chi connectivity index (χ4n) is 2.34. The minimum absolute atomic E-state index is 0.0185. The first-order valence-electron chi connectivity index (χ1n) is 8.71. The van der Waals surface area contributed by atoms with Crippen LogP contribution >= 0.6 is 11.3 Å². The molecule has 0 fully saturated rings. The molecular formula is C19H26N4O2S. The van der Waals surface area contributed by atoms with Crippen LogP contribution in [0.1, 0.15) is 28.6 Å². The third kappa shape index (κ3) is 6.40. The summed E-state index contributed by atoms with van der Waals surface area (Å²) in [5.74, 6) is 1.59. The summed E-state index contributed by atoms with van der Waals surface area (Å²) >= 11 is 1.45. The molecule has 0 saturated carbocycles. The topological polar surface area (TPSA) is 74.8 Å². The number of ether oxygens (including phenoxy) is 1. The molecule has 1 amide bonds. The molecule has 0 aliphatic carbocycles. The average molecular weight is 375 g/mol. The van der Waals surface area contributed by atoms with Crippen LogP contribution < -0.4 is 20.7 Å². The predicted molar refractivity (Wildman–Crippen MR) is 107 cm³/mol. The minimum atomic E-state index is -0.0185. The van der Waals surface area contributed by atoms with E-state index in [0.717, 1.165) is 35.1 Å². The van der Waals surface area contributed by atoms with E-state index in [9.17, 15) is 4.79 Å². The maximum Gasteiger partial charge on any atom is 0.261 e. The predicted octanol–water partition coefficient (Wildman–Crippen LogP) is 2.63. The highest BCUT2D eigenvalue weighted by atomic mass is 32.1. The van der Waals surface area contributed by atoms with Gasteiger partial charge in [-0.3, -0.25) is 9.79 Å². The number of nitrogens with one attached hydrogen (secondary N) is 3. The first-order chi connectivity index (χ1) is 12.7. The zero-order valence-electron chi connectivity index (χ0n) is 15.2. The molecule has 0 aliphatic heterocycles. The number of aliphatic imine (C=N–C) groups is 1. The Hall–Kier alpha value is -2.54. The van der Waals surface area contributed by atoms with Gasteiger partial charge in [0.05, 0.1) is 11.5 Å². The van der Waals surface area contributed by atoms with Gasteiger partial charge in [-0.1, -0.05) is 24.3 Å². The van der Waals surface area contributed by atoms with Crippen molar-refractivity contribution in [1.29, 1.82) is 0 Å². The van der Waals surface area contributed by atoms with E-state index in [4.69, 9.17) is 4.74 Å². The molecular weight excluding hydrogens is 348 g/mol. The molecule has 6 nitrogen and oxygen atoms in total. The number of para-hydroxylation sites is 1. The number of nitrogens with zero attached hydrogens (tertiary/aromatic N) is 1. The van der Waals surface area contributed by atoms with Crippen LogP contribution in [-0.2, 0) is 6.54 Å². The molecule has 0 atom stereocenters. The second kappa shape index (κ2) is 11.1. The second-order valence-corrected chi connectivity index (χ2v) is 6.43. The number of carbonyl (C=O) groups is 1. The molecule has 2 aromatic rings. The molecule has 1 aromatic carbocycles. The van der Waals surface area contributed by atoms with Crippen molar-refractivity contribution in [2.75, 3.05) is 26.7 Å². The van der Waals surface area contributed by atoms with Crippen LogP contribution in [0, 0.1) is 0 Å². The maximum absolute atomic E-state index is 11.8. The van der Waals surface area contributed by atoms with E-state index in [-0.39, 0.29) is 5.91 Å². The highest BCUT2D eigenvalue weighted by molar-refractivity contribution is 7.12. The lowest BCUT2D eigenvalue weighted by molar-refractivity contribution is 0.0957. The number of hydrogen-bond acceptors (Lipinski definition) is 4. The fourth-order valence-corrected chi connectivity index (χ4v) is 2.98. The smallest absolute Gasteiger partial charge is 0.261 e. The zero-order chi connectivity index (χ0) is 18.6. The van der Waals surface area contributed by atoms with E-state index in [0.29, 0.717) is 19.7 Å². The number of amides is 1. The minimum Gasteiger partial charge on any atom is -0.494 e. The molecule has 1 heterocycles. The van der Waals surface area contributed by atoms with Gasteiger partial charge in [0, 0.05) is 32.2 Å². The Morgan fingerprint density at radius 3 is 2.65 bits per heavy atom. The summed E-state index contributed by atoms with van der Waals surface area (Å²) in [5, 5.41) is 11.3. The Morgan fingerprint density at radius 1 is 1.12 bits per heavy atom. The first-order valence-corrected chi connectivity index (χ1v) is 9.59. The van der Waals surface area contributed by atoms with Crippen LogP contribution in [0.5, 0.6) is 5.75 Å². The molecule has 0 aliphatic rings. The van der Waals surface area contributed by atoms with E-state index >= 15 is 0 Å². The molecule has 2 rings (SSSR count). The number of thiophene rings is 1. The fraction of sp³-hybridized carbons (Fsp3) is 0.368. The van der Waals surface area contributed by atoms with Gasteiger partial charge in [-0.25, -0.2) is 0 Å². The van der Waals surface area contributed by atoms with Gasteiger partial charge in [-0.2, -0.15) is 0 Å². The number of hydrogen-bond donors (Lipinski definition) is 3. The number of rotatable bonds is 9. The molecule has 0 unspecified atom stereocenters. The highest BCUT2D eigenvalue weighted by Crippen LogP contribution is 2.17.